The van der Waals surface area contributed by atoms with Gasteiger partial charge in [-0.25, -0.2) is 4.98 Å². The smallest absolute Gasteiger partial charge is 0.184 e. The van der Waals surface area contributed by atoms with E-state index in [-0.39, 0.29) is 0 Å². The Labute approximate surface area is 92.5 Å². The predicted octanol–water partition coefficient (Wildman–Crippen LogP) is 2.27. The molecule has 0 spiro atoms. The van der Waals surface area contributed by atoms with Crippen LogP contribution in [0.15, 0.2) is 18.2 Å². The third-order valence-electron chi connectivity index (χ3n) is 2.14. The summed E-state index contributed by atoms with van der Waals surface area (Å²) in [6.07, 6.45) is 0.803. The number of aryl methyl sites for hydroxylation is 1. The highest BCUT2D eigenvalue weighted by Crippen LogP contribution is 2.30. The van der Waals surface area contributed by atoms with E-state index in [4.69, 9.17) is 17.3 Å². The Morgan fingerprint density at radius 3 is 2.87 bits per heavy atom. The Morgan fingerprint density at radius 2 is 2.27 bits per heavy atom. The lowest BCUT2D eigenvalue weighted by atomic mass is 10.2. The number of aromatic amines is 1. The summed E-state index contributed by atoms with van der Waals surface area (Å²) in [6, 6.07) is 5.35. The Kier molecular flexibility index (Phi) is 2.60. The standard InChI is InChI=1S/C10H11ClN4/c1-2-8-13-10(15-14-8)9-6(11)4-3-5-7(9)12/h3-5H,2,12H2,1H3,(H,13,14,15). The Bertz CT molecular complexity index is 458. The second-order valence-corrected chi connectivity index (χ2v) is 3.57. The molecule has 0 fully saturated rings. The van der Waals surface area contributed by atoms with Gasteiger partial charge in [-0.05, 0) is 12.1 Å². The van der Waals surface area contributed by atoms with Gasteiger partial charge in [-0.3, -0.25) is 5.10 Å². The first-order valence-electron chi connectivity index (χ1n) is 4.68. The molecule has 2 aromatic rings. The molecule has 78 valence electrons. The molecule has 3 N–H and O–H groups in total. The molecule has 15 heavy (non-hydrogen) atoms. The summed E-state index contributed by atoms with van der Waals surface area (Å²) in [7, 11) is 0. The van der Waals surface area contributed by atoms with E-state index in [1.807, 2.05) is 6.92 Å². The zero-order valence-electron chi connectivity index (χ0n) is 8.29. The van der Waals surface area contributed by atoms with Crippen LogP contribution in [-0.4, -0.2) is 15.2 Å². The minimum atomic E-state index is 0.551. The van der Waals surface area contributed by atoms with Crippen molar-refractivity contribution in [2.45, 2.75) is 13.3 Å². The van der Waals surface area contributed by atoms with Gasteiger partial charge in [0.25, 0.3) is 0 Å². The first-order valence-corrected chi connectivity index (χ1v) is 5.05. The summed E-state index contributed by atoms with van der Waals surface area (Å²) >= 11 is 6.04. The van der Waals surface area contributed by atoms with E-state index in [0.717, 1.165) is 12.2 Å². The fraction of sp³-hybridized carbons (Fsp3) is 0.200. The van der Waals surface area contributed by atoms with Gasteiger partial charge in [0.2, 0.25) is 0 Å². The van der Waals surface area contributed by atoms with Crippen molar-refractivity contribution < 1.29 is 0 Å². The molecule has 0 aliphatic carbocycles. The fourth-order valence-electron chi connectivity index (χ4n) is 1.34. The topological polar surface area (TPSA) is 67.6 Å². The second kappa shape index (κ2) is 3.90. The van der Waals surface area contributed by atoms with E-state index in [0.29, 0.717) is 22.1 Å². The van der Waals surface area contributed by atoms with Crippen molar-refractivity contribution in [1.82, 2.24) is 15.2 Å². The molecule has 0 bridgehead atoms. The molecule has 0 amide bonds. The first-order chi connectivity index (χ1) is 7.22. The molecule has 1 aromatic carbocycles. The van der Waals surface area contributed by atoms with Crippen molar-refractivity contribution in [2.75, 3.05) is 5.73 Å². The van der Waals surface area contributed by atoms with Crippen LogP contribution in [-0.2, 0) is 6.42 Å². The van der Waals surface area contributed by atoms with Crippen molar-refractivity contribution in [3.05, 3.63) is 29.0 Å². The van der Waals surface area contributed by atoms with Crippen LogP contribution in [0.5, 0.6) is 0 Å². The molecule has 0 radical (unpaired) electrons. The lowest BCUT2D eigenvalue weighted by Gasteiger charge is -2.02. The third kappa shape index (κ3) is 1.80. The predicted molar refractivity (Wildman–Crippen MR) is 60.6 cm³/mol. The Hall–Kier alpha value is -1.55. The van der Waals surface area contributed by atoms with E-state index in [1.54, 1.807) is 18.2 Å². The highest BCUT2D eigenvalue weighted by molar-refractivity contribution is 6.33. The van der Waals surface area contributed by atoms with Crippen molar-refractivity contribution in [3.63, 3.8) is 0 Å². The average Bonchev–Trinajstić information content (AvgIpc) is 2.66. The SMILES string of the molecule is CCc1nc(-c2c(N)cccc2Cl)n[nH]1. The number of hydrogen-bond donors (Lipinski definition) is 2. The highest BCUT2D eigenvalue weighted by atomic mass is 35.5. The number of nitrogens with one attached hydrogen (secondary N) is 1. The second-order valence-electron chi connectivity index (χ2n) is 3.16. The van der Waals surface area contributed by atoms with Gasteiger partial charge in [0.1, 0.15) is 5.82 Å². The van der Waals surface area contributed by atoms with Crippen molar-refractivity contribution in [2.24, 2.45) is 0 Å². The lowest BCUT2D eigenvalue weighted by molar-refractivity contribution is 0.946. The molecule has 0 unspecified atom stereocenters. The molecule has 0 aliphatic heterocycles. The monoisotopic (exact) mass is 222 g/mol. The van der Waals surface area contributed by atoms with Crippen LogP contribution in [0.2, 0.25) is 5.02 Å². The fourth-order valence-corrected chi connectivity index (χ4v) is 1.61. The number of halogens is 1. The minimum absolute atomic E-state index is 0.551. The first kappa shape index (κ1) is 9.98. The molecular formula is C10H11ClN4. The zero-order valence-corrected chi connectivity index (χ0v) is 9.04. The maximum atomic E-state index is 6.04. The summed E-state index contributed by atoms with van der Waals surface area (Å²) in [6.45, 7) is 2.00. The van der Waals surface area contributed by atoms with Crippen LogP contribution in [0, 0.1) is 0 Å². The van der Waals surface area contributed by atoms with Gasteiger partial charge in [-0.2, -0.15) is 5.10 Å². The number of benzene rings is 1. The van der Waals surface area contributed by atoms with Gasteiger partial charge in [0.15, 0.2) is 5.82 Å². The molecule has 2 rings (SSSR count). The van der Waals surface area contributed by atoms with Gasteiger partial charge in [-0.1, -0.05) is 24.6 Å². The van der Waals surface area contributed by atoms with Crippen LogP contribution in [0.1, 0.15) is 12.7 Å². The van der Waals surface area contributed by atoms with E-state index < -0.39 is 0 Å². The minimum Gasteiger partial charge on any atom is -0.398 e. The van der Waals surface area contributed by atoms with E-state index >= 15 is 0 Å². The molecule has 5 heteroatoms. The van der Waals surface area contributed by atoms with Gasteiger partial charge < -0.3 is 5.73 Å². The number of nitrogens with two attached hydrogens (primary N) is 1. The van der Waals surface area contributed by atoms with Crippen molar-refractivity contribution in [1.29, 1.82) is 0 Å². The van der Waals surface area contributed by atoms with Crippen LogP contribution < -0.4 is 5.73 Å². The summed E-state index contributed by atoms with van der Waals surface area (Å²) in [5.74, 6) is 1.37. The van der Waals surface area contributed by atoms with Gasteiger partial charge in [-0.15, -0.1) is 0 Å². The van der Waals surface area contributed by atoms with Crippen molar-refractivity contribution >= 4 is 17.3 Å². The van der Waals surface area contributed by atoms with Crippen LogP contribution in [0.3, 0.4) is 0 Å². The molecule has 1 aromatic heterocycles. The van der Waals surface area contributed by atoms with E-state index in [1.165, 1.54) is 0 Å². The van der Waals surface area contributed by atoms with Gasteiger partial charge >= 0.3 is 0 Å². The number of anilines is 1. The number of rotatable bonds is 2. The Morgan fingerprint density at radius 1 is 1.47 bits per heavy atom. The maximum absolute atomic E-state index is 6.04. The molecule has 4 nitrogen and oxygen atoms in total. The summed E-state index contributed by atoms with van der Waals surface area (Å²) < 4.78 is 0. The van der Waals surface area contributed by atoms with E-state index in [2.05, 4.69) is 15.2 Å². The maximum Gasteiger partial charge on any atom is 0.184 e. The Balaban J connectivity index is 2.53. The average molecular weight is 223 g/mol. The third-order valence-corrected chi connectivity index (χ3v) is 2.45. The number of H-pyrrole nitrogens is 1. The molecule has 1 heterocycles. The number of hydrogen-bond acceptors (Lipinski definition) is 3. The largest absolute Gasteiger partial charge is 0.398 e. The van der Waals surface area contributed by atoms with Gasteiger partial charge in [0, 0.05) is 12.1 Å². The van der Waals surface area contributed by atoms with Crippen LogP contribution in [0.25, 0.3) is 11.4 Å². The van der Waals surface area contributed by atoms with Gasteiger partial charge in [0.05, 0.1) is 10.6 Å². The molecule has 0 aliphatic rings. The molecule has 0 saturated heterocycles. The lowest BCUT2D eigenvalue weighted by Crippen LogP contribution is -1.92. The summed E-state index contributed by atoms with van der Waals surface area (Å²) in [4.78, 5) is 4.29. The van der Waals surface area contributed by atoms with Crippen molar-refractivity contribution in [3.8, 4) is 11.4 Å². The molecule has 0 atom stereocenters. The number of nitrogen functional groups attached to an aromatic ring is 1. The highest BCUT2D eigenvalue weighted by Gasteiger charge is 2.11. The summed E-state index contributed by atoms with van der Waals surface area (Å²) in [5.41, 5.74) is 7.10. The molecular weight excluding hydrogens is 212 g/mol. The number of nitrogens with zero attached hydrogens (tertiary/aromatic N) is 2. The molecule has 0 saturated carbocycles. The van der Waals surface area contributed by atoms with E-state index in [9.17, 15) is 0 Å². The summed E-state index contributed by atoms with van der Waals surface area (Å²) in [5, 5.41) is 7.48. The van der Waals surface area contributed by atoms with Crippen LogP contribution >= 0.6 is 11.6 Å². The van der Waals surface area contributed by atoms with Crippen LogP contribution in [0.4, 0.5) is 5.69 Å². The zero-order chi connectivity index (χ0) is 10.8. The number of aromatic nitrogens is 3. The quantitative estimate of drug-likeness (QED) is 0.766. The normalized spacial score (nSPS) is 10.5.